The highest BCUT2D eigenvalue weighted by Crippen LogP contribution is 2.30. The van der Waals surface area contributed by atoms with Gasteiger partial charge in [0.2, 0.25) is 0 Å². The fourth-order valence-electron chi connectivity index (χ4n) is 3.33. The number of benzene rings is 1. The van der Waals surface area contributed by atoms with E-state index in [2.05, 4.69) is 64.2 Å². The van der Waals surface area contributed by atoms with E-state index in [1.165, 1.54) is 43.2 Å². The average molecular weight is 290 g/mol. The molecule has 0 saturated heterocycles. The number of hydrogen-bond donors (Lipinski definition) is 1. The van der Waals surface area contributed by atoms with Crippen molar-refractivity contribution in [3.8, 4) is 0 Å². The van der Waals surface area contributed by atoms with Crippen LogP contribution >= 0.6 is 0 Å². The van der Waals surface area contributed by atoms with Crippen LogP contribution in [-0.4, -0.2) is 6.54 Å². The molecule has 0 amide bonds. The van der Waals surface area contributed by atoms with Gasteiger partial charge in [-0.3, -0.25) is 0 Å². The van der Waals surface area contributed by atoms with Gasteiger partial charge in [-0.25, -0.2) is 0 Å². The molecular weight excluding hydrogens is 254 g/mol. The molecule has 1 heteroatoms. The Morgan fingerprint density at radius 2 is 1.48 bits per heavy atom. The molecule has 0 aromatic heterocycles. The highest BCUT2D eigenvalue weighted by atomic mass is 14.9. The molecule has 0 radical (unpaired) electrons. The Balaban J connectivity index is 2.87. The molecule has 21 heavy (non-hydrogen) atoms. The number of nitrogens with one attached hydrogen (secondary N) is 1. The molecule has 0 aliphatic heterocycles. The van der Waals surface area contributed by atoms with E-state index in [4.69, 9.17) is 0 Å². The first-order valence-electron chi connectivity index (χ1n) is 8.94. The van der Waals surface area contributed by atoms with Crippen LogP contribution in [0.1, 0.15) is 77.5 Å². The third-order valence-corrected chi connectivity index (χ3v) is 4.20. The molecule has 0 saturated carbocycles. The van der Waals surface area contributed by atoms with Crippen molar-refractivity contribution >= 4 is 0 Å². The van der Waals surface area contributed by atoms with Crippen LogP contribution in [0.4, 0.5) is 0 Å². The van der Waals surface area contributed by atoms with E-state index >= 15 is 0 Å². The molecule has 0 fully saturated rings. The minimum absolute atomic E-state index is 0.517. The van der Waals surface area contributed by atoms with E-state index in [1.54, 1.807) is 0 Å². The van der Waals surface area contributed by atoms with Gasteiger partial charge in [-0.05, 0) is 48.8 Å². The van der Waals surface area contributed by atoms with Crippen molar-refractivity contribution in [1.82, 2.24) is 5.32 Å². The van der Waals surface area contributed by atoms with Crippen molar-refractivity contribution in [3.63, 3.8) is 0 Å². The highest BCUT2D eigenvalue weighted by Gasteiger charge is 2.20. The zero-order chi connectivity index (χ0) is 15.7. The van der Waals surface area contributed by atoms with E-state index in [9.17, 15) is 0 Å². The Labute approximate surface area is 132 Å². The summed E-state index contributed by atoms with van der Waals surface area (Å²) in [6.45, 7) is 12.4. The number of rotatable bonds is 10. The Hall–Kier alpha value is -0.820. The quantitative estimate of drug-likeness (QED) is 0.578. The van der Waals surface area contributed by atoms with Crippen molar-refractivity contribution in [3.05, 3.63) is 35.4 Å². The summed E-state index contributed by atoms with van der Waals surface area (Å²) >= 11 is 0. The molecule has 0 aliphatic carbocycles. The highest BCUT2D eigenvalue weighted by molar-refractivity contribution is 5.26. The molecule has 1 rings (SSSR count). The summed E-state index contributed by atoms with van der Waals surface area (Å²) in [6, 6.07) is 9.87. The Bertz CT molecular complexity index is 360. The van der Waals surface area contributed by atoms with Crippen molar-refractivity contribution in [2.24, 2.45) is 11.8 Å². The third kappa shape index (κ3) is 6.22. The normalized spacial score (nSPS) is 13.1. The lowest BCUT2D eigenvalue weighted by atomic mass is 9.85. The molecule has 1 unspecified atom stereocenters. The van der Waals surface area contributed by atoms with Gasteiger partial charge in [0.05, 0.1) is 0 Å². The first-order chi connectivity index (χ1) is 10.1. The van der Waals surface area contributed by atoms with Gasteiger partial charge in [-0.2, -0.15) is 0 Å². The van der Waals surface area contributed by atoms with E-state index in [0.29, 0.717) is 6.04 Å². The first-order valence-corrected chi connectivity index (χ1v) is 8.94. The van der Waals surface area contributed by atoms with Crippen LogP contribution < -0.4 is 5.32 Å². The molecule has 1 N–H and O–H groups in total. The molecular formula is C20H35N. The summed E-state index contributed by atoms with van der Waals surface area (Å²) < 4.78 is 0. The SMILES string of the molecule is CCCC(CCC)C(NCC)c1ccc(CC(C)C)cc1. The first kappa shape index (κ1) is 18.2. The topological polar surface area (TPSA) is 12.0 Å². The summed E-state index contributed by atoms with van der Waals surface area (Å²) in [7, 11) is 0. The second kappa shape index (κ2) is 10.00. The Morgan fingerprint density at radius 1 is 0.905 bits per heavy atom. The average Bonchev–Trinajstić information content (AvgIpc) is 2.45. The zero-order valence-corrected chi connectivity index (χ0v) is 14.8. The van der Waals surface area contributed by atoms with Crippen LogP contribution in [0.25, 0.3) is 0 Å². The fraction of sp³-hybridized carbons (Fsp3) is 0.700. The van der Waals surface area contributed by atoms with E-state index in [1.807, 2.05) is 0 Å². The van der Waals surface area contributed by atoms with Gasteiger partial charge in [0.15, 0.2) is 0 Å². The van der Waals surface area contributed by atoms with Gasteiger partial charge in [0, 0.05) is 6.04 Å². The van der Waals surface area contributed by atoms with Gasteiger partial charge in [-0.1, -0.05) is 71.7 Å². The van der Waals surface area contributed by atoms with Gasteiger partial charge in [0.25, 0.3) is 0 Å². The van der Waals surface area contributed by atoms with Crippen LogP contribution in [-0.2, 0) is 6.42 Å². The molecule has 0 bridgehead atoms. The molecule has 1 atom stereocenters. The lowest BCUT2D eigenvalue weighted by Crippen LogP contribution is -2.28. The minimum atomic E-state index is 0.517. The summed E-state index contributed by atoms with van der Waals surface area (Å²) in [6.07, 6.45) is 6.37. The molecule has 1 aromatic carbocycles. The van der Waals surface area contributed by atoms with Crippen LogP contribution in [0, 0.1) is 11.8 Å². The van der Waals surface area contributed by atoms with Gasteiger partial charge in [-0.15, -0.1) is 0 Å². The Morgan fingerprint density at radius 3 is 1.90 bits per heavy atom. The number of hydrogen-bond acceptors (Lipinski definition) is 1. The standard InChI is InChI=1S/C20H35N/c1-6-9-18(10-7-2)20(21-8-3)19-13-11-17(12-14-19)15-16(4)5/h11-14,16,18,20-21H,6-10,15H2,1-5H3. The summed E-state index contributed by atoms with van der Waals surface area (Å²) in [5.41, 5.74) is 2.93. The summed E-state index contributed by atoms with van der Waals surface area (Å²) in [5, 5.41) is 3.73. The molecule has 1 aromatic rings. The second-order valence-electron chi connectivity index (χ2n) is 6.71. The predicted octanol–water partition coefficient (Wildman–Crippen LogP) is 5.75. The predicted molar refractivity (Wildman–Crippen MR) is 94.7 cm³/mol. The van der Waals surface area contributed by atoms with Gasteiger partial charge in [0.1, 0.15) is 0 Å². The van der Waals surface area contributed by atoms with Crippen LogP contribution in [0.2, 0.25) is 0 Å². The van der Waals surface area contributed by atoms with Gasteiger partial charge >= 0.3 is 0 Å². The Kier molecular flexibility index (Phi) is 8.68. The maximum Gasteiger partial charge on any atom is 0.0348 e. The monoisotopic (exact) mass is 289 g/mol. The molecule has 0 aliphatic rings. The lowest BCUT2D eigenvalue weighted by Gasteiger charge is -2.28. The fourth-order valence-corrected chi connectivity index (χ4v) is 3.33. The second-order valence-corrected chi connectivity index (χ2v) is 6.71. The minimum Gasteiger partial charge on any atom is -0.310 e. The molecule has 0 heterocycles. The largest absolute Gasteiger partial charge is 0.310 e. The van der Waals surface area contributed by atoms with Crippen molar-refractivity contribution < 1.29 is 0 Å². The van der Waals surface area contributed by atoms with Crippen LogP contribution in [0.3, 0.4) is 0 Å². The van der Waals surface area contributed by atoms with E-state index in [-0.39, 0.29) is 0 Å². The maximum absolute atomic E-state index is 3.73. The van der Waals surface area contributed by atoms with E-state index in [0.717, 1.165) is 18.4 Å². The van der Waals surface area contributed by atoms with E-state index < -0.39 is 0 Å². The van der Waals surface area contributed by atoms with Crippen LogP contribution in [0.15, 0.2) is 24.3 Å². The lowest BCUT2D eigenvalue weighted by molar-refractivity contribution is 0.320. The van der Waals surface area contributed by atoms with Crippen molar-refractivity contribution in [1.29, 1.82) is 0 Å². The van der Waals surface area contributed by atoms with Gasteiger partial charge < -0.3 is 5.32 Å². The van der Waals surface area contributed by atoms with Crippen molar-refractivity contribution in [2.45, 2.75) is 72.8 Å². The van der Waals surface area contributed by atoms with Crippen LogP contribution in [0.5, 0.6) is 0 Å². The van der Waals surface area contributed by atoms with Crippen molar-refractivity contribution in [2.75, 3.05) is 6.54 Å². The summed E-state index contributed by atoms with van der Waals surface area (Å²) in [5.74, 6) is 1.49. The smallest absolute Gasteiger partial charge is 0.0348 e. The molecule has 120 valence electrons. The molecule has 0 spiro atoms. The zero-order valence-electron chi connectivity index (χ0n) is 14.8. The maximum atomic E-state index is 3.73. The third-order valence-electron chi connectivity index (χ3n) is 4.20. The summed E-state index contributed by atoms with van der Waals surface area (Å²) in [4.78, 5) is 0. The molecule has 1 nitrogen and oxygen atoms in total.